The minimum Gasteiger partial charge on any atom is -0.354 e. The van der Waals surface area contributed by atoms with Crippen molar-refractivity contribution in [2.75, 3.05) is 6.54 Å². The van der Waals surface area contributed by atoms with Gasteiger partial charge in [-0.05, 0) is 37.0 Å². The second-order valence-electron chi connectivity index (χ2n) is 5.34. The quantitative estimate of drug-likeness (QED) is 0.843. The smallest absolute Gasteiger partial charge is 0.236 e. The van der Waals surface area contributed by atoms with Crippen LogP contribution in [0.1, 0.15) is 31.9 Å². The van der Waals surface area contributed by atoms with Gasteiger partial charge in [-0.1, -0.05) is 41.9 Å². The molecule has 2 N–H and O–H groups in total. The highest BCUT2D eigenvalue weighted by atomic mass is 79.9. The molecular weight excluding hydrogens is 304 g/mol. The van der Waals surface area contributed by atoms with Gasteiger partial charge in [-0.2, -0.15) is 0 Å². The van der Waals surface area contributed by atoms with Gasteiger partial charge in [0.25, 0.3) is 0 Å². The largest absolute Gasteiger partial charge is 0.354 e. The third-order valence-electron chi connectivity index (χ3n) is 2.89. The summed E-state index contributed by atoms with van der Waals surface area (Å²) in [7, 11) is 0. The Morgan fingerprint density at radius 2 is 2.00 bits per heavy atom. The van der Waals surface area contributed by atoms with Gasteiger partial charge in [0.05, 0.1) is 6.04 Å². The minimum atomic E-state index is -0.188. The molecule has 0 aliphatic carbocycles. The molecule has 0 heterocycles. The molecule has 0 saturated carbocycles. The molecule has 0 saturated heterocycles. The van der Waals surface area contributed by atoms with Crippen LogP contribution in [0.25, 0.3) is 0 Å². The molecule has 106 valence electrons. The molecule has 0 aliphatic heterocycles. The van der Waals surface area contributed by atoms with E-state index in [1.54, 1.807) is 0 Å². The maximum absolute atomic E-state index is 11.8. The number of rotatable bonds is 6. The van der Waals surface area contributed by atoms with Gasteiger partial charge in [0, 0.05) is 17.6 Å². The molecule has 3 nitrogen and oxygen atoms in total. The van der Waals surface area contributed by atoms with E-state index >= 15 is 0 Å². The fraction of sp³-hybridized carbons (Fsp3) is 0.533. The number of halogens is 1. The summed E-state index contributed by atoms with van der Waals surface area (Å²) >= 11 is 3.54. The Kier molecular flexibility index (Phi) is 6.52. The van der Waals surface area contributed by atoms with Crippen LogP contribution in [-0.4, -0.2) is 18.5 Å². The number of aryl methyl sites for hydroxylation is 1. The fourth-order valence-corrected chi connectivity index (χ4v) is 2.24. The molecule has 0 bridgehead atoms. The first-order chi connectivity index (χ1) is 8.90. The van der Waals surface area contributed by atoms with Crippen LogP contribution < -0.4 is 10.6 Å². The summed E-state index contributed by atoms with van der Waals surface area (Å²) in [5, 5.41) is 6.17. The number of carbonyl (C=O) groups excluding carboxylic acids is 1. The van der Waals surface area contributed by atoms with Crippen LogP contribution in [0.5, 0.6) is 0 Å². The summed E-state index contributed by atoms with van der Waals surface area (Å²) in [6.45, 7) is 9.52. The van der Waals surface area contributed by atoms with Crippen molar-refractivity contribution in [1.82, 2.24) is 10.6 Å². The van der Waals surface area contributed by atoms with E-state index < -0.39 is 0 Å². The van der Waals surface area contributed by atoms with E-state index in [-0.39, 0.29) is 11.9 Å². The zero-order chi connectivity index (χ0) is 14.4. The lowest BCUT2D eigenvalue weighted by Gasteiger charge is -2.16. The lowest BCUT2D eigenvalue weighted by Crippen LogP contribution is -2.43. The summed E-state index contributed by atoms with van der Waals surface area (Å²) in [6, 6.07) is 6.05. The van der Waals surface area contributed by atoms with Crippen molar-refractivity contribution in [3.05, 3.63) is 33.8 Å². The van der Waals surface area contributed by atoms with Gasteiger partial charge in [0.2, 0.25) is 5.91 Å². The van der Waals surface area contributed by atoms with Crippen LogP contribution in [0.15, 0.2) is 22.7 Å². The van der Waals surface area contributed by atoms with Crippen molar-refractivity contribution in [2.45, 2.75) is 40.3 Å². The van der Waals surface area contributed by atoms with Crippen LogP contribution in [0.3, 0.4) is 0 Å². The van der Waals surface area contributed by atoms with E-state index in [4.69, 9.17) is 0 Å². The highest BCUT2D eigenvalue weighted by Crippen LogP contribution is 2.18. The van der Waals surface area contributed by atoms with Gasteiger partial charge in [0.15, 0.2) is 0 Å². The molecule has 1 amide bonds. The molecule has 4 heteroatoms. The highest BCUT2D eigenvalue weighted by molar-refractivity contribution is 9.10. The van der Waals surface area contributed by atoms with E-state index in [0.717, 1.165) is 16.6 Å². The standard InChI is InChI=1S/C15H23BrN2O/c1-10(2)8-18-15(19)12(4)17-9-13-6-5-11(3)7-14(13)16/h5-7,10,12,17H,8-9H2,1-4H3,(H,18,19). The Bertz CT molecular complexity index is 432. The minimum absolute atomic E-state index is 0.0527. The number of benzene rings is 1. The van der Waals surface area contributed by atoms with Crippen molar-refractivity contribution in [1.29, 1.82) is 0 Å². The van der Waals surface area contributed by atoms with Crippen molar-refractivity contribution in [3.8, 4) is 0 Å². The third-order valence-corrected chi connectivity index (χ3v) is 3.62. The summed E-state index contributed by atoms with van der Waals surface area (Å²) in [5.41, 5.74) is 2.38. The van der Waals surface area contributed by atoms with Crippen LogP contribution in [0, 0.1) is 12.8 Å². The molecule has 1 aromatic rings. The Balaban J connectivity index is 2.45. The number of amides is 1. The Labute approximate surface area is 124 Å². The summed E-state index contributed by atoms with van der Waals surface area (Å²) < 4.78 is 1.08. The average molecular weight is 327 g/mol. The van der Waals surface area contributed by atoms with Crippen molar-refractivity contribution in [3.63, 3.8) is 0 Å². The van der Waals surface area contributed by atoms with Gasteiger partial charge >= 0.3 is 0 Å². The lowest BCUT2D eigenvalue weighted by molar-refractivity contribution is -0.122. The molecular formula is C15H23BrN2O. The maximum Gasteiger partial charge on any atom is 0.236 e. The molecule has 0 aliphatic rings. The van der Waals surface area contributed by atoms with E-state index in [1.807, 2.05) is 6.92 Å². The van der Waals surface area contributed by atoms with Crippen molar-refractivity contribution >= 4 is 21.8 Å². The first-order valence-corrected chi connectivity index (χ1v) is 7.45. The molecule has 1 unspecified atom stereocenters. The van der Waals surface area contributed by atoms with E-state index in [2.05, 4.69) is 65.5 Å². The number of carbonyl (C=O) groups is 1. The molecule has 0 fully saturated rings. The average Bonchev–Trinajstić information content (AvgIpc) is 2.34. The Morgan fingerprint density at radius 1 is 1.32 bits per heavy atom. The molecule has 0 spiro atoms. The number of hydrogen-bond acceptors (Lipinski definition) is 2. The van der Waals surface area contributed by atoms with Gasteiger partial charge in [-0.3, -0.25) is 4.79 Å². The highest BCUT2D eigenvalue weighted by Gasteiger charge is 2.12. The fourth-order valence-electron chi connectivity index (χ4n) is 1.61. The summed E-state index contributed by atoms with van der Waals surface area (Å²) in [4.78, 5) is 11.8. The molecule has 1 aromatic carbocycles. The van der Waals surface area contributed by atoms with Crippen molar-refractivity contribution < 1.29 is 4.79 Å². The van der Waals surface area contributed by atoms with E-state index in [9.17, 15) is 4.79 Å². The van der Waals surface area contributed by atoms with Gasteiger partial charge < -0.3 is 10.6 Å². The van der Waals surface area contributed by atoms with Crippen LogP contribution >= 0.6 is 15.9 Å². The normalized spacial score (nSPS) is 12.5. The molecule has 19 heavy (non-hydrogen) atoms. The lowest BCUT2D eigenvalue weighted by atomic mass is 10.1. The zero-order valence-electron chi connectivity index (χ0n) is 12.1. The monoisotopic (exact) mass is 326 g/mol. The first kappa shape index (κ1) is 16.2. The number of hydrogen-bond donors (Lipinski definition) is 2. The van der Waals surface area contributed by atoms with E-state index in [1.165, 1.54) is 5.56 Å². The molecule has 1 atom stereocenters. The van der Waals surface area contributed by atoms with Gasteiger partial charge in [-0.15, -0.1) is 0 Å². The molecule has 0 aromatic heterocycles. The topological polar surface area (TPSA) is 41.1 Å². The first-order valence-electron chi connectivity index (χ1n) is 6.66. The predicted molar refractivity (Wildman–Crippen MR) is 83.0 cm³/mol. The summed E-state index contributed by atoms with van der Waals surface area (Å²) in [5.74, 6) is 0.527. The maximum atomic E-state index is 11.8. The van der Waals surface area contributed by atoms with E-state index in [0.29, 0.717) is 12.5 Å². The second-order valence-corrected chi connectivity index (χ2v) is 6.19. The number of nitrogens with one attached hydrogen (secondary N) is 2. The molecule has 1 rings (SSSR count). The Morgan fingerprint density at radius 3 is 2.58 bits per heavy atom. The Hall–Kier alpha value is -0.870. The van der Waals surface area contributed by atoms with Crippen molar-refractivity contribution in [2.24, 2.45) is 5.92 Å². The zero-order valence-corrected chi connectivity index (χ0v) is 13.7. The predicted octanol–water partition coefficient (Wildman–Crippen LogP) is 3.01. The van der Waals surface area contributed by atoms with Crippen LogP contribution in [0.4, 0.5) is 0 Å². The molecule has 0 radical (unpaired) electrons. The third kappa shape index (κ3) is 5.74. The van der Waals surface area contributed by atoms with Gasteiger partial charge in [-0.25, -0.2) is 0 Å². The SMILES string of the molecule is Cc1ccc(CNC(C)C(=O)NCC(C)C)c(Br)c1. The van der Waals surface area contributed by atoms with Gasteiger partial charge in [0.1, 0.15) is 0 Å². The second kappa shape index (κ2) is 7.65. The summed E-state index contributed by atoms with van der Waals surface area (Å²) in [6.07, 6.45) is 0. The van der Waals surface area contributed by atoms with Crippen LogP contribution in [0.2, 0.25) is 0 Å². The van der Waals surface area contributed by atoms with Crippen LogP contribution in [-0.2, 0) is 11.3 Å².